The zero-order valence-electron chi connectivity index (χ0n) is 16.9. The summed E-state index contributed by atoms with van der Waals surface area (Å²) in [7, 11) is 0. The van der Waals surface area contributed by atoms with Crippen LogP contribution < -0.4 is 10.1 Å². The van der Waals surface area contributed by atoms with Gasteiger partial charge in [0.2, 0.25) is 0 Å². The highest BCUT2D eigenvalue weighted by Gasteiger charge is 2.08. The average Bonchev–Trinajstić information content (AvgIpc) is 3.31. The Morgan fingerprint density at radius 3 is 2.48 bits per heavy atom. The minimum absolute atomic E-state index is 0.129. The Labute approximate surface area is 180 Å². The highest BCUT2D eigenvalue weighted by Crippen LogP contribution is 2.24. The van der Waals surface area contributed by atoms with Gasteiger partial charge in [-0.15, -0.1) is 0 Å². The number of ether oxygens (including phenoxy) is 1. The van der Waals surface area contributed by atoms with Crippen LogP contribution >= 0.6 is 0 Å². The molecule has 1 heterocycles. The van der Waals surface area contributed by atoms with Crippen LogP contribution in [0.5, 0.6) is 5.75 Å². The van der Waals surface area contributed by atoms with Gasteiger partial charge in [-0.25, -0.2) is 4.39 Å². The van der Waals surface area contributed by atoms with Crippen molar-refractivity contribution >= 4 is 5.91 Å². The molecule has 0 radical (unpaired) electrons. The maximum atomic E-state index is 12.9. The first-order valence-corrected chi connectivity index (χ1v) is 9.97. The van der Waals surface area contributed by atoms with Gasteiger partial charge in [-0.05, 0) is 52.6 Å². The first-order chi connectivity index (χ1) is 15.2. The smallest absolute Gasteiger partial charge is 0.258 e. The lowest BCUT2D eigenvalue weighted by Gasteiger charge is -2.12. The summed E-state index contributed by atoms with van der Waals surface area (Å²) in [5.74, 6) is -0.135. The Bertz CT molecular complexity index is 1120. The van der Waals surface area contributed by atoms with E-state index >= 15 is 0 Å². The zero-order valence-corrected chi connectivity index (χ0v) is 16.9. The van der Waals surface area contributed by atoms with Crippen molar-refractivity contribution in [3.63, 3.8) is 0 Å². The van der Waals surface area contributed by atoms with E-state index in [9.17, 15) is 9.18 Å². The molecule has 0 saturated carbocycles. The van der Waals surface area contributed by atoms with Crippen molar-refractivity contribution in [1.82, 2.24) is 15.1 Å². The van der Waals surface area contributed by atoms with Crippen LogP contribution in [0.2, 0.25) is 0 Å². The lowest BCUT2D eigenvalue weighted by atomic mass is 9.98. The molecule has 6 heteroatoms. The topological polar surface area (TPSA) is 56.1 Å². The molecule has 0 bridgehead atoms. The van der Waals surface area contributed by atoms with Crippen molar-refractivity contribution in [3.8, 4) is 16.9 Å². The summed E-state index contributed by atoms with van der Waals surface area (Å²) >= 11 is 0. The third-order valence-corrected chi connectivity index (χ3v) is 4.85. The molecule has 0 spiro atoms. The summed E-state index contributed by atoms with van der Waals surface area (Å²) in [5, 5.41) is 7.12. The molecule has 0 aliphatic heterocycles. The number of aromatic nitrogens is 2. The van der Waals surface area contributed by atoms with Gasteiger partial charge in [-0.3, -0.25) is 9.48 Å². The number of hydrogen-bond donors (Lipinski definition) is 1. The highest BCUT2D eigenvalue weighted by atomic mass is 19.1. The molecule has 1 aromatic heterocycles. The number of carbonyl (C=O) groups is 1. The molecule has 0 fully saturated rings. The predicted octanol–water partition coefficient (Wildman–Crippen LogP) is 4.43. The molecule has 156 valence electrons. The quantitative estimate of drug-likeness (QED) is 0.463. The SMILES string of the molecule is O=C(COc1ccc(F)cc1)NCc1ccccc1-c1ccc(Cn2cccn2)cc1. The van der Waals surface area contributed by atoms with E-state index in [1.807, 2.05) is 41.2 Å². The number of amides is 1. The molecule has 0 atom stereocenters. The second-order valence-electron chi connectivity index (χ2n) is 7.08. The van der Waals surface area contributed by atoms with Gasteiger partial charge < -0.3 is 10.1 Å². The van der Waals surface area contributed by atoms with Crippen molar-refractivity contribution in [2.24, 2.45) is 0 Å². The summed E-state index contributed by atoms with van der Waals surface area (Å²) in [4.78, 5) is 12.2. The number of halogens is 1. The fraction of sp³-hybridized carbons (Fsp3) is 0.120. The number of hydrogen-bond acceptors (Lipinski definition) is 3. The molecule has 31 heavy (non-hydrogen) atoms. The maximum Gasteiger partial charge on any atom is 0.258 e. The number of carbonyl (C=O) groups excluding carboxylic acids is 1. The van der Waals surface area contributed by atoms with Gasteiger partial charge in [0.25, 0.3) is 5.91 Å². The second-order valence-corrected chi connectivity index (χ2v) is 7.08. The van der Waals surface area contributed by atoms with E-state index < -0.39 is 0 Å². The monoisotopic (exact) mass is 415 g/mol. The molecular weight excluding hydrogens is 393 g/mol. The summed E-state index contributed by atoms with van der Waals surface area (Å²) in [6.45, 7) is 0.978. The van der Waals surface area contributed by atoms with Crippen LogP contribution in [0, 0.1) is 5.82 Å². The number of nitrogens with one attached hydrogen (secondary N) is 1. The standard InChI is InChI=1S/C25H22FN3O2/c26-22-10-12-23(13-11-22)31-18-25(30)27-16-21-4-1-2-5-24(21)20-8-6-19(7-9-20)17-29-15-3-14-28-29/h1-15H,16-18H2,(H,27,30). The molecule has 0 saturated heterocycles. The minimum Gasteiger partial charge on any atom is -0.484 e. The molecule has 0 unspecified atom stereocenters. The zero-order chi connectivity index (χ0) is 21.5. The Morgan fingerprint density at radius 1 is 0.968 bits per heavy atom. The Morgan fingerprint density at radius 2 is 1.74 bits per heavy atom. The second kappa shape index (κ2) is 9.71. The van der Waals surface area contributed by atoms with Gasteiger partial charge in [0, 0.05) is 18.9 Å². The van der Waals surface area contributed by atoms with Crippen LogP contribution in [-0.2, 0) is 17.9 Å². The fourth-order valence-corrected chi connectivity index (χ4v) is 3.25. The first kappa shape index (κ1) is 20.3. The van der Waals surface area contributed by atoms with E-state index in [4.69, 9.17) is 4.74 Å². The van der Waals surface area contributed by atoms with Crippen molar-refractivity contribution in [1.29, 1.82) is 0 Å². The van der Waals surface area contributed by atoms with E-state index in [2.05, 4.69) is 34.7 Å². The van der Waals surface area contributed by atoms with Crippen molar-refractivity contribution in [2.75, 3.05) is 6.61 Å². The van der Waals surface area contributed by atoms with Crippen molar-refractivity contribution in [3.05, 3.63) is 108 Å². The molecule has 4 aromatic rings. The normalized spacial score (nSPS) is 10.6. The lowest BCUT2D eigenvalue weighted by molar-refractivity contribution is -0.123. The van der Waals surface area contributed by atoms with Crippen LogP contribution in [0.25, 0.3) is 11.1 Å². The van der Waals surface area contributed by atoms with Gasteiger partial charge in [0.1, 0.15) is 11.6 Å². The molecule has 5 nitrogen and oxygen atoms in total. The largest absolute Gasteiger partial charge is 0.484 e. The van der Waals surface area contributed by atoms with E-state index in [1.54, 1.807) is 6.20 Å². The number of rotatable bonds is 8. The van der Waals surface area contributed by atoms with Crippen LogP contribution in [0.1, 0.15) is 11.1 Å². The van der Waals surface area contributed by atoms with Crippen LogP contribution in [-0.4, -0.2) is 22.3 Å². The van der Waals surface area contributed by atoms with E-state index in [-0.39, 0.29) is 18.3 Å². The molecule has 1 amide bonds. The lowest BCUT2D eigenvalue weighted by Crippen LogP contribution is -2.28. The van der Waals surface area contributed by atoms with Gasteiger partial charge in [-0.2, -0.15) is 5.10 Å². The van der Waals surface area contributed by atoms with Crippen LogP contribution in [0.4, 0.5) is 4.39 Å². The summed E-state index contributed by atoms with van der Waals surface area (Å²) in [6.07, 6.45) is 3.70. The van der Waals surface area contributed by atoms with E-state index in [0.717, 1.165) is 28.8 Å². The molecule has 1 N–H and O–H groups in total. The van der Waals surface area contributed by atoms with E-state index in [0.29, 0.717) is 12.3 Å². The Hall–Kier alpha value is -3.93. The molecular formula is C25H22FN3O2. The molecule has 3 aromatic carbocycles. The van der Waals surface area contributed by atoms with Crippen molar-refractivity contribution in [2.45, 2.75) is 13.1 Å². The van der Waals surface area contributed by atoms with Gasteiger partial charge >= 0.3 is 0 Å². The van der Waals surface area contributed by atoms with Crippen LogP contribution in [0.15, 0.2) is 91.3 Å². The maximum absolute atomic E-state index is 12.9. The average molecular weight is 415 g/mol. The molecule has 0 aliphatic rings. The Balaban J connectivity index is 1.36. The summed E-state index contributed by atoms with van der Waals surface area (Å²) in [5.41, 5.74) is 4.32. The predicted molar refractivity (Wildman–Crippen MR) is 117 cm³/mol. The number of nitrogens with zero attached hydrogens (tertiary/aromatic N) is 2. The molecule has 0 aliphatic carbocycles. The third-order valence-electron chi connectivity index (χ3n) is 4.85. The number of benzene rings is 3. The van der Waals surface area contributed by atoms with Crippen molar-refractivity contribution < 1.29 is 13.9 Å². The molecule has 4 rings (SSSR count). The highest BCUT2D eigenvalue weighted by molar-refractivity contribution is 5.78. The van der Waals surface area contributed by atoms with Gasteiger partial charge in [-0.1, -0.05) is 48.5 Å². The third kappa shape index (κ3) is 5.57. The fourth-order valence-electron chi connectivity index (χ4n) is 3.25. The van der Waals surface area contributed by atoms with Gasteiger partial charge in [0.05, 0.1) is 6.54 Å². The summed E-state index contributed by atoms with van der Waals surface area (Å²) in [6, 6.07) is 23.8. The first-order valence-electron chi connectivity index (χ1n) is 9.97. The minimum atomic E-state index is -0.345. The van der Waals surface area contributed by atoms with Crippen LogP contribution in [0.3, 0.4) is 0 Å². The van der Waals surface area contributed by atoms with Gasteiger partial charge in [0.15, 0.2) is 6.61 Å². The van der Waals surface area contributed by atoms with E-state index in [1.165, 1.54) is 24.3 Å². The Kier molecular flexibility index (Phi) is 6.38. The summed E-state index contributed by atoms with van der Waals surface area (Å²) < 4.78 is 20.2.